The van der Waals surface area contributed by atoms with Crippen LogP contribution in [-0.2, 0) is 9.53 Å². The van der Waals surface area contributed by atoms with Gasteiger partial charge in [0.2, 0.25) is 0 Å². The van der Waals surface area contributed by atoms with Crippen molar-refractivity contribution >= 4 is 21.9 Å². The second-order valence-corrected chi connectivity index (χ2v) is 3.89. The number of rotatable bonds is 3. The monoisotopic (exact) mass is 270 g/mol. The number of ether oxygens (including phenoxy) is 1. The van der Waals surface area contributed by atoms with E-state index >= 15 is 0 Å². The van der Waals surface area contributed by atoms with Crippen molar-refractivity contribution in [3.63, 3.8) is 0 Å². The lowest BCUT2D eigenvalue weighted by atomic mass is 10.0. The van der Waals surface area contributed by atoms with Gasteiger partial charge in [0.1, 0.15) is 6.10 Å². The maximum absolute atomic E-state index is 11.1. The van der Waals surface area contributed by atoms with E-state index in [-0.39, 0.29) is 5.57 Å². The van der Waals surface area contributed by atoms with Crippen molar-refractivity contribution in [2.45, 2.75) is 6.10 Å². The maximum Gasteiger partial charge on any atom is 0.336 e. The number of carbonyl (C=O) groups is 1. The minimum atomic E-state index is -1.03. The molecule has 0 aliphatic rings. The standard InChI is InChI=1S/C11H11BrO3/c1-7(11(14)15-2)10(13)8-4-3-5-9(12)6-8/h3-6,10,13H,1H2,2H3. The molecule has 80 valence electrons. The Bertz CT molecular complexity index is 387. The molecule has 0 amide bonds. The molecule has 1 aromatic rings. The zero-order valence-electron chi connectivity index (χ0n) is 8.24. The molecular weight excluding hydrogens is 260 g/mol. The lowest BCUT2D eigenvalue weighted by Crippen LogP contribution is -2.11. The first-order chi connectivity index (χ1) is 7.06. The minimum absolute atomic E-state index is 0.0237. The topological polar surface area (TPSA) is 46.5 Å². The molecule has 0 radical (unpaired) electrons. The molecular formula is C11H11BrO3. The van der Waals surface area contributed by atoms with Gasteiger partial charge in [-0.3, -0.25) is 0 Å². The first kappa shape index (κ1) is 11.9. The molecule has 0 bridgehead atoms. The van der Waals surface area contributed by atoms with Gasteiger partial charge in [-0.15, -0.1) is 0 Å². The van der Waals surface area contributed by atoms with Gasteiger partial charge in [0.05, 0.1) is 12.7 Å². The summed E-state index contributed by atoms with van der Waals surface area (Å²) in [5, 5.41) is 9.79. The highest BCUT2D eigenvalue weighted by Crippen LogP contribution is 2.23. The average molecular weight is 271 g/mol. The van der Waals surface area contributed by atoms with Crippen molar-refractivity contribution in [1.29, 1.82) is 0 Å². The average Bonchev–Trinajstić information content (AvgIpc) is 2.26. The molecule has 0 heterocycles. The van der Waals surface area contributed by atoms with Gasteiger partial charge in [-0.25, -0.2) is 4.79 Å². The Morgan fingerprint density at radius 2 is 2.27 bits per heavy atom. The molecule has 3 nitrogen and oxygen atoms in total. The van der Waals surface area contributed by atoms with E-state index < -0.39 is 12.1 Å². The number of esters is 1. The van der Waals surface area contributed by atoms with Gasteiger partial charge in [-0.05, 0) is 17.7 Å². The third-order valence-corrected chi connectivity index (χ3v) is 2.44. The van der Waals surface area contributed by atoms with E-state index in [9.17, 15) is 9.90 Å². The Balaban J connectivity index is 2.89. The summed E-state index contributed by atoms with van der Waals surface area (Å²) in [7, 11) is 1.25. The summed E-state index contributed by atoms with van der Waals surface area (Å²) < 4.78 is 5.30. The van der Waals surface area contributed by atoms with Crippen LogP contribution in [0.1, 0.15) is 11.7 Å². The summed E-state index contributed by atoms with van der Waals surface area (Å²) in [4.78, 5) is 11.1. The van der Waals surface area contributed by atoms with Gasteiger partial charge in [-0.2, -0.15) is 0 Å². The Morgan fingerprint density at radius 1 is 1.60 bits per heavy atom. The molecule has 0 saturated heterocycles. The molecule has 1 rings (SSSR count). The van der Waals surface area contributed by atoms with E-state index in [0.717, 1.165) is 4.47 Å². The smallest absolute Gasteiger partial charge is 0.336 e. The largest absolute Gasteiger partial charge is 0.466 e. The number of carbonyl (C=O) groups excluding carboxylic acids is 1. The van der Waals surface area contributed by atoms with Gasteiger partial charge >= 0.3 is 5.97 Å². The minimum Gasteiger partial charge on any atom is -0.466 e. The number of aliphatic hydroxyl groups excluding tert-OH is 1. The van der Waals surface area contributed by atoms with Crippen molar-refractivity contribution in [3.8, 4) is 0 Å². The van der Waals surface area contributed by atoms with Crippen LogP contribution in [0.4, 0.5) is 0 Å². The van der Waals surface area contributed by atoms with E-state index in [4.69, 9.17) is 0 Å². The highest BCUT2D eigenvalue weighted by atomic mass is 79.9. The summed E-state index contributed by atoms with van der Waals surface area (Å²) in [5.41, 5.74) is 0.621. The molecule has 1 unspecified atom stereocenters. The first-order valence-corrected chi connectivity index (χ1v) is 5.06. The van der Waals surface area contributed by atoms with Crippen molar-refractivity contribution in [1.82, 2.24) is 0 Å². The Morgan fingerprint density at radius 3 is 2.80 bits per heavy atom. The van der Waals surface area contributed by atoms with Gasteiger partial charge in [-0.1, -0.05) is 34.6 Å². The number of hydrogen-bond acceptors (Lipinski definition) is 3. The third kappa shape index (κ3) is 2.91. The van der Waals surface area contributed by atoms with Gasteiger partial charge in [0.15, 0.2) is 0 Å². The van der Waals surface area contributed by atoms with Gasteiger partial charge in [0.25, 0.3) is 0 Å². The second kappa shape index (κ2) is 5.09. The van der Waals surface area contributed by atoms with E-state index in [1.165, 1.54) is 7.11 Å². The molecule has 0 aliphatic carbocycles. The summed E-state index contributed by atoms with van der Waals surface area (Å²) >= 11 is 3.28. The second-order valence-electron chi connectivity index (χ2n) is 2.97. The van der Waals surface area contributed by atoms with Crippen LogP contribution in [0.3, 0.4) is 0 Å². The normalized spacial score (nSPS) is 11.9. The van der Waals surface area contributed by atoms with Gasteiger partial charge in [0, 0.05) is 4.47 Å². The van der Waals surface area contributed by atoms with Crippen LogP contribution in [0.2, 0.25) is 0 Å². The molecule has 15 heavy (non-hydrogen) atoms. The number of methoxy groups -OCH3 is 1. The summed E-state index contributed by atoms with van der Waals surface area (Å²) in [6.45, 7) is 3.49. The lowest BCUT2D eigenvalue weighted by Gasteiger charge is -2.12. The maximum atomic E-state index is 11.1. The zero-order valence-corrected chi connectivity index (χ0v) is 9.82. The van der Waals surface area contributed by atoms with E-state index in [2.05, 4.69) is 27.2 Å². The molecule has 1 atom stereocenters. The number of benzene rings is 1. The van der Waals surface area contributed by atoms with Crippen molar-refractivity contribution < 1.29 is 14.6 Å². The van der Waals surface area contributed by atoms with Crippen LogP contribution in [0.15, 0.2) is 40.9 Å². The molecule has 1 N–H and O–H groups in total. The number of halogens is 1. The van der Waals surface area contributed by atoms with Crippen LogP contribution in [0, 0.1) is 0 Å². The summed E-state index contributed by atoms with van der Waals surface area (Å²) in [5.74, 6) is -0.609. The summed E-state index contributed by atoms with van der Waals surface area (Å²) in [6.07, 6.45) is -1.03. The highest BCUT2D eigenvalue weighted by molar-refractivity contribution is 9.10. The number of aliphatic hydroxyl groups is 1. The predicted octanol–water partition coefficient (Wildman–Crippen LogP) is 2.21. The summed E-state index contributed by atoms with van der Waals surface area (Å²) in [6, 6.07) is 7.03. The van der Waals surface area contributed by atoms with Crippen LogP contribution in [0.5, 0.6) is 0 Å². The van der Waals surface area contributed by atoms with Crippen LogP contribution < -0.4 is 0 Å². The first-order valence-electron chi connectivity index (χ1n) is 4.27. The van der Waals surface area contributed by atoms with Crippen molar-refractivity contribution in [2.24, 2.45) is 0 Å². The molecule has 1 aromatic carbocycles. The Hall–Kier alpha value is -1.13. The van der Waals surface area contributed by atoms with Gasteiger partial charge < -0.3 is 9.84 Å². The van der Waals surface area contributed by atoms with Crippen LogP contribution >= 0.6 is 15.9 Å². The fourth-order valence-electron chi connectivity index (χ4n) is 1.12. The molecule has 0 saturated carbocycles. The van der Waals surface area contributed by atoms with E-state index in [1.807, 2.05) is 6.07 Å². The van der Waals surface area contributed by atoms with Crippen molar-refractivity contribution in [3.05, 3.63) is 46.5 Å². The molecule has 0 aromatic heterocycles. The zero-order chi connectivity index (χ0) is 11.4. The fraction of sp³-hybridized carbons (Fsp3) is 0.182. The van der Waals surface area contributed by atoms with Crippen LogP contribution in [0.25, 0.3) is 0 Å². The molecule has 0 aliphatic heterocycles. The molecule has 0 spiro atoms. The quantitative estimate of drug-likeness (QED) is 0.677. The third-order valence-electron chi connectivity index (χ3n) is 1.94. The van der Waals surface area contributed by atoms with E-state index in [1.54, 1.807) is 18.2 Å². The fourth-order valence-corrected chi connectivity index (χ4v) is 1.54. The van der Waals surface area contributed by atoms with Crippen LogP contribution in [-0.4, -0.2) is 18.2 Å². The molecule has 4 heteroatoms. The predicted molar refractivity (Wildman–Crippen MR) is 60.3 cm³/mol. The Kier molecular flexibility index (Phi) is 4.05. The SMILES string of the molecule is C=C(C(=O)OC)C(O)c1cccc(Br)c1. The Labute approximate surface area is 96.5 Å². The highest BCUT2D eigenvalue weighted by Gasteiger charge is 2.18. The molecule has 0 fully saturated rings. The van der Waals surface area contributed by atoms with E-state index in [0.29, 0.717) is 5.56 Å². The van der Waals surface area contributed by atoms with Crippen molar-refractivity contribution in [2.75, 3.05) is 7.11 Å². The number of hydrogen-bond donors (Lipinski definition) is 1. The lowest BCUT2D eigenvalue weighted by molar-refractivity contribution is -0.137.